The Balaban J connectivity index is 0.938. The summed E-state index contributed by atoms with van der Waals surface area (Å²) in [7, 11) is 0. The van der Waals surface area contributed by atoms with Gasteiger partial charge >= 0.3 is 0 Å². The fourth-order valence-corrected chi connectivity index (χ4v) is 8.13. The highest BCUT2D eigenvalue weighted by Gasteiger charge is 2.29. The van der Waals surface area contributed by atoms with E-state index in [9.17, 15) is 9.59 Å². The van der Waals surface area contributed by atoms with Gasteiger partial charge in [-0.2, -0.15) is 0 Å². The zero-order chi connectivity index (χ0) is 40.9. The number of aromatic nitrogens is 6. The van der Waals surface area contributed by atoms with E-state index in [4.69, 9.17) is 9.97 Å². The molecule has 2 unspecified atom stereocenters. The predicted molar refractivity (Wildman–Crippen MR) is 230 cm³/mol. The monoisotopic (exact) mass is 786 g/mol. The van der Waals surface area contributed by atoms with Crippen LogP contribution < -0.4 is 10.6 Å². The number of carbonyl (C=O) groups is 2. The molecule has 2 fully saturated rings. The first-order valence-electron chi connectivity index (χ1n) is 20.6. The maximum atomic E-state index is 14.1. The van der Waals surface area contributed by atoms with Crippen molar-refractivity contribution in [1.29, 1.82) is 0 Å². The Morgan fingerprint density at radius 2 is 1.19 bits per heavy atom. The van der Waals surface area contributed by atoms with E-state index in [0.717, 1.165) is 71.8 Å². The molecule has 300 valence electrons. The number of hydrogen-bond donors (Lipinski definition) is 2. The molecule has 2 saturated heterocycles. The zero-order valence-corrected chi connectivity index (χ0v) is 34.2. The van der Waals surface area contributed by atoms with Crippen LogP contribution in [0.25, 0.3) is 11.1 Å². The van der Waals surface area contributed by atoms with E-state index in [2.05, 4.69) is 37.5 Å². The Kier molecular flexibility index (Phi) is 11.7. The van der Waals surface area contributed by atoms with Crippen molar-refractivity contribution >= 4 is 35.1 Å². The van der Waals surface area contributed by atoms with Crippen LogP contribution >= 0.6 is 0 Å². The number of pyridine rings is 2. The molecule has 2 amide bonds. The Morgan fingerprint density at radius 3 is 1.71 bits per heavy atom. The van der Waals surface area contributed by atoms with Crippen molar-refractivity contribution in [2.24, 2.45) is 0 Å². The van der Waals surface area contributed by atoms with Crippen LogP contribution in [0, 0.1) is 20.8 Å². The molecule has 0 radical (unpaired) electrons. The first kappa shape index (κ1) is 39.3. The Hall–Kier alpha value is -6.56. The van der Waals surface area contributed by atoms with Crippen LogP contribution in [0.1, 0.15) is 99.3 Å². The van der Waals surface area contributed by atoms with Gasteiger partial charge in [0.15, 0.2) is 0 Å². The Labute approximate surface area is 345 Å². The summed E-state index contributed by atoms with van der Waals surface area (Å²) < 4.78 is 0. The fourth-order valence-electron chi connectivity index (χ4n) is 8.13. The van der Waals surface area contributed by atoms with Gasteiger partial charge in [-0.05, 0) is 118 Å². The highest BCUT2D eigenvalue weighted by molar-refractivity contribution is 5.97. The first-order valence-corrected chi connectivity index (χ1v) is 20.6. The lowest BCUT2D eigenvalue weighted by Crippen LogP contribution is -2.39. The number of piperidine rings is 2. The molecule has 2 aliphatic rings. The summed E-state index contributed by atoms with van der Waals surface area (Å²) in [6.07, 6.45) is 8.17. The van der Waals surface area contributed by atoms with Gasteiger partial charge in [0.1, 0.15) is 34.9 Å². The molecule has 2 N–H and O–H groups in total. The lowest BCUT2D eigenvalue weighted by molar-refractivity contribution is 0.0698. The topological polar surface area (TPSA) is 142 Å². The molecular formula is C47H50N10O2. The lowest BCUT2D eigenvalue weighted by atomic mass is 9.93. The Bertz CT molecular complexity index is 2470. The van der Waals surface area contributed by atoms with E-state index < -0.39 is 0 Å². The molecule has 12 nitrogen and oxygen atoms in total. The van der Waals surface area contributed by atoms with Gasteiger partial charge in [-0.15, -0.1) is 0 Å². The van der Waals surface area contributed by atoms with Gasteiger partial charge in [-0.3, -0.25) is 9.59 Å². The van der Waals surface area contributed by atoms with Crippen molar-refractivity contribution in [3.05, 3.63) is 143 Å². The van der Waals surface area contributed by atoms with Gasteiger partial charge in [0.2, 0.25) is 0 Å². The summed E-state index contributed by atoms with van der Waals surface area (Å²) >= 11 is 0. The number of aryl methyl sites for hydroxylation is 4. The van der Waals surface area contributed by atoms with Crippen molar-refractivity contribution in [1.82, 2.24) is 39.7 Å². The minimum atomic E-state index is -0.0137. The summed E-state index contributed by atoms with van der Waals surface area (Å²) in [5, 5.41) is 6.66. The quantitative estimate of drug-likeness (QED) is 0.138. The summed E-state index contributed by atoms with van der Waals surface area (Å²) in [6.45, 7) is 10.4. The molecule has 0 bridgehead atoms. The van der Waals surface area contributed by atoms with Crippen molar-refractivity contribution in [2.45, 2.75) is 71.6 Å². The number of benzene rings is 2. The molecule has 6 aromatic rings. The normalized spacial score (nSPS) is 16.7. The SMILES string of the molecule is CCc1ccnc(Nc2cc(C3CCCN(C(=O)c4cccc(-c5cccc(C(=O)N6CCCC(c7cc(Nc8ccc(C)cn8)nc(C)n7)C6)c5)c4)C3)nc(C)n2)c1. The van der Waals surface area contributed by atoms with Crippen LogP contribution in [0.15, 0.2) is 97.3 Å². The van der Waals surface area contributed by atoms with E-state index in [1.165, 1.54) is 5.56 Å². The van der Waals surface area contributed by atoms with E-state index in [0.29, 0.717) is 60.6 Å². The Morgan fingerprint density at radius 1 is 0.627 bits per heavy atom. The summed E-state index contributed by atoms with van der Waals surface area (Å²) in [5.41, 5.74) is 7.13. The third kappa shape index (κ3) is 9.44. The van der Waals surface area contributed by atoms with Crippen molar-refractivity contribution < 1.29 is 9.59 Å². The maximum absolute atomic E-state index is 14.1. The molecule has 4 aromatic heterocycles. The molecule has 2 atom stereocenters. The largest absolute Gasteiger partial charge is 0.338 e. The second kappa shape index (κ2) is 17.5. The molecule has 2 aliphatic heterocycles. The average molecular weight is 787 g/mol. The van der Waals surface area contributed by atoms with Crippen LogP contribution in [-0.4, -0.2) is 77.7 Å². The van der Waals surface area contributed by atoms with Gasteiger partial charge in [-0.25, -0.2) is 29.9 Å². The van der Waals surface area contributed by atoms with Crippen molar-refractivity contribution in [3.8, 4) is 11.1 Å². The van der Waals surface area contributed by atoms with Gasteiger partial charge in [0, 0.05) is 73.7 Å². The van der Waals surface area contributed by atoms with Crippen LogP contribution in [0.4, 0.5) is 23.3 Å². The smallest absolute Gasteiger partial charge is 0.253 e. The molecule has 59 heavy (non-hydrogen) atoms. The fraction of sp³-hybridized carbons (Fsp3) is 0.319. The molecule has 6 heterocycles. The number of amides is 2. The maximum Gasteiger partial charge on any atom is 0.253 e. The number of rotatable bonds is 10. The lowest BCUT2D eigenvalue weighted by Gasteiger charge is -2.33. The van der Waals surface area contributed by atoms with Gasteiger partial charge in [0.25, 0.3) is 11.8 Å². The van der Waals surface area contributed by atoms with Crippen LogP contribution in [-0.2, 0) is 6.42 Å². The number of nitrogens with one attached hydrogen (secondary N) is 2. The molecule has 0 spiro atoms. The van der Waals surface area contributed by atoms with Crippen LogP contribution in [0.2, 0.25) is 0 Å². The summed E-state index contributed by atoms with van der Waals surface area (Å²) in [6, 6.07) is 27.4. The second-order valence-electron chi connectivity index (χ2n) is 15.7. The number of carbonyl (C=O) groups excluding carboxylic acids is 2. The number of likely N-dealkylation sites (tertiary alicyclic amines) is 2. The van der Waals surface area contributed by atoms with E-state index in [1.807, 2.05) is 122 Å². The molecule has 0 saturated carbocycles. The van der Waals surface area contributed by atoms with Crippen LogP contribution in [0.3, 0.4) is 0 Å². The number of hydrogen-bond acceptors (Lipinski definition) is 10. The van der Waals surface area contributed by atoms with Crippen LogP contribution in [0.5, 0.6) is 0 Å². The van der Waals surface area contributed by atoms with Crippen molar-refractivity contribution in [3.63, 3.8) is 0 Å². The highest BCUT2D eigenvalue weighted by atomic mass is 16.2. The summed E-state index contributed by atoms with van der Waals surface area (Å²) in [5.74, 6) is 4.34. The standard InChI is InChI=1S/C47H50N10O2/c1-5-33-18-19-48-43(22-33)55-45-26-41(51-32(4)53-45)39-15-9-21-57(29-39)47(59)37-13-7-11-35(24-37)34-10-6-12-36(23-34)46(58)56-20-8-14-38(28-56)40-25-44(52-31(3)50-40)54-42-17-16-30(2)27-49-42/h6-7,10-13,16-19,22-27,38-39H,5,8-9,14-15,20-21,28-29H2,1-4H3,(H,48,51,53,55)(H,49,50,52,54). The number of nitrogens with zero attached hydrogens (tertiary/aromatic N) is 8. The zero-order valence-electron chi connectivity index (χ0n) is 34.2. The third-order valence-corrected chi connectivity index (χ3v) is 11.2. The highest BCUT2D eigenvalue weighted by Crippen LogP contribution is 2.32. The average Bonchev–Trinajstić information content (AvgIpc) is 3.26. The predicted octanol–water partition coefficient (Wildman–Crippen LogP) is 8.74. The van der Waals surface area contributed by atoms with Gasteiger partial charge in [-0.1, -0.05) is 37.3 Å². The first-order chi connectivity index (χ1) is 28.7. The molecule has 0 aliphatic carbocycles. The molecule has 8 rings (SSSR count). The minimum absolute atomic E-state index is 0.0127. The van der Waals surface area contributed by atoms with E-state index in [-0.39, 0.29) is 23.7 Å². The summed E-state index contributed by atoms with van der Waals surface area (Å²) in [4.78, 5) is 59.7. The van der Waals surface area contributed by atoms with Gasteiger partial charge < -0.3 is 20.4 Å². The number of anilines is 4. The molecule has 2 aromatic carbocycles. The third-order valence-electron chi connectivity index (χ3n) is 11.2. The van der Waals surface area contributed by atoms with E-state index in [1.54, 1.807) is 6.20 Å². The van der Waals surface area contributed by atoms with Crippen molar-refractivity contribution in [2.75, 3.05) is 36.8 Å². The van der Waals surface area contributed by atoms with Gasteiger partial charge in [0.05, 0.1) is 11.4 Å². The second-order valence-corrected chi connectivity index (χ2v) is 15.7. The molecule has 12 heteroatoms. The minimum Gasteiger partial charge on any atom is -0.338 e. The molecular weight excluding hydrogens is 737 g/mol. The van der Waals surface area contributed by atoms with E-state index >= 15 is 0 Å².